The van der Waals surface area contributed by atoms with Gasteiger partial charge in [-0.3, -0.25) is 14.6 Å². The van der Waals surface area contributed by atoms with Crippen molar-refractivity contribution in [1.29, 1.82) is 0 Å². The van der Waals surface area contributed by atoms with Crippen LogP contribution < -0.4 is 11.1 Å². The van der Waals surface area contributed by atoms with Gasteiger partial charge in [0.2, 0.25) is 5.91 Å². The van der Waals surface area contributed by atoms with Crippen LogP contribution in [0.3, 0.4) is 0 Å². The molecule has 1 rings (SSSR count). The van der Waals surface area contributed by atoms with E-state index in [4.69, 9.17) is 5.73 Å². The molecule has 8 heteroatoms. The summed E-state index contributed by atoms with van der Waals surface area (Å²) in [6.07, 6.45) is -4.15. The highest BCUT2D eigenvalue weighted by molar-refractivity contribution is 5.80. The van der Waals surface area contributed by atoms with Crippen LogP contribution in [0.15, 0.2) is 0 Å². The largest absolute Gasteiger partial charge is 0.401 e. The van der Waals surface area contributed by atoms with Gasteiger partial charge in [0, 0.05) is 32.7 Å². The average molecular weight is 282 g/mol. The fraction of sp³-hybridized carbons (Fsp3) is 0.909. The second-order valence-corrected chi connectivity index (χ2v) is 4.70. The first-order valence-electron chi connectivity index (χ1n) is 6.36. The molecule has 0 aliphatic carbocycles. The third-order valence-electron chi connectivity index (χ3n) is 3.10. The van der Waals surface area contributed by atoms with Crippen LogP contribution in [0.1, 0.15) is 6.92 Å². The number of likely N-dealkylation sites (N-methyl/N-ethyl adjacent to an activating group) is 1. The van der Waals surface area contributed by atoms with Crippen molar-refractivity contribution in [3.05, 3.63) is 0 Å². The number of amides is 1. The summed E-state index contributed by atoms with van der Waals surface area (Å²) in [5.74, 6) is -0.431. The van der Waals surface area contributed by atoms with Gasteiger partial charge in [-0.1, -0.05) is 6.92 Å². The number of halogens is 3. The number of primary amides is 1. The lowest BCUT2D eigenvalue weighted by Crippen LogP contribution is -2.55. The molecule has 1 fully saturated rings. The van der Waals surface area contributed by atoms with Gasteiger partial charge in [-0.25, -0.2) is 0 Å². The van der Waals surface area contributed by atoms with Crippen LogP contribution in [0.5, 0.6) is 0 Å². The molecule has 1 heterocycles. The van der Waals surface area contributed by atoms with E-state index in [-0.39, 0.29) is 0 Å². The van der Waals surface area contributed by atoms with Crippen LogP contribution in [-0.2, 0) is 4.79 Å². The average Bonchev–Trinajstić information content (AvgIpc) is 2.29. The van der Waals surface area contributed by atoms with Crippen molar-refractivity contribution in [3.63, 3.8) is 0 Å². The maximum atomic E-state index is 12.2. The predicted molar refractivity (Wildman–Crippen MR) is 65.6 cm³/mol. The molecule has 1 aliphatic rings. The molecule has 0 aromatic carbocycles. The summed E-state index contributed by atoms with van der Waals surface area (Å²) in [6.45, 7) is 3.83. The first-order valence-corrected chi connectivity index (χ1v) is 6.36. The Bertz CT molecular complexity index is 290. The summed E-state index contributed by atoms with van der Waals surface area (Å²) in [5.41, 5.74) is 5.26. The number of carbonyl (C=O) groups is 1. The molecular weight excluding hydrogens is 261 g/mol. The quantitative estimate of drug-likeness (QED) is 0.698. The predicted octanol–water partition coefficient (Wildman–Crippen LogP) is -0.370. The fourth-order valence-corrected chi connectivity index (χ4v) is 2.14. The second-order valence-electron chi connectivity index (χ2n) is 4.70. The Labute approximate surface area is 110 Å². The minimum Gasteiger partial charge on any atom is -0.368 e. The van der Waals surface area contributed by atoms with Crippen molar-refractivity contribution in [2.75, 3.05) is 45.8 Å². The third kappa shape index (κ3) is 6.22. The van der Waals surface area contributed by atoms with Gasteiger partial charge in [0.25, 0.3) is 0 Å². The zero-order chi connectivity index (χ0) is 14.5. The number of rotatable bonds is 6. The van der Waals surface area contributed by atoms with Crippen molar-refractivity contribution in [2.45, 2.75) is 19.1 Å². The number of hydrogen-bond donors (Lipinski definition) is 2. The monoisotopic (exact) mass is 282 g/mol. The van der Waals surface area contributed by atoms with Crippen molar-refractivity contribution >= 4 is 5.91 Å². The Morgan fingerprint density at radius 2 is 1.79 bits per heavy atom. The maximum absolute atomic E-state index is 12.2. The van der Waals surface area contributed by atoms with E-state index in [1.165, 1.54) is 4.90 Å². The van der Waals surface area contributed by atoms with Crippen molar-refractivity contribution in [1.82, 2.24) is 15.1 Å². The van der Waals surface area contributed by atoms with E-state index >= 15 is 0 Å². The highest BCUT2D eigenvalue weighted by Gasteiger charge is 2.32. The number of nitrogens with two attached hydrogens (primary N) is 1. The molecule has 1 atom stereocenters. The Morgan fingerprint density at radius 1 is 1.26 bits per heavy atom. The molecule has 0 saturated carbocycles. The van der Waals surface area contributed by atoms with E-state index in [1.54, 1.807) is 0 Å². The summed E-state index contributed by atoms with van der Waals surface area (Å²) >= 11 is 0. The molecule has 3 N–H and O–H groups in total. The molecule has 1 aliphatic heterocycles. The summed E-state index contributed by atoms with van der Waals surface area (Å²) in [7, 11) is 0. The molecule has 19 heavy (non-hydrogen) atoms. The van der Waals surface area contributed by atoms with Crippen molar-refractivity contribution in [2.24, 2.45) is 5.73 Å². The summed E-state index contributed by atoms with van der Waals surface area (Å²) in [4.78, 5) is 14.5. The van der Waals surface area contributed by atoms with Gasteiger partial charge in [0.15, 0.2) is 0 Å². The Morgan fingerprint density at radius 3 is 2.21 bits per heavy atom. The zero-order valence-electron chi connectivity index (χ0n) is 11.0. The van der Waals surface area contributed by atoms with Crippen LogP contribution in [-0.4, -0.2) is 73.7 Å². The maximum Gasteiger partial charge on any atom is 0.401 e. The van der Waals surface area contributed by atoms with Crippen LogP contribution in [0, 0.1) is 0 Å². The molecule has 0 radical (unpaired) electrons. The Hall–Kier alpha value is -0.860. The second kappa shape index (κ2) is 7.06. The van der Waals surface area contributed by atoms with E-state index in [0.717, 1.165) is 0 Å². The molecular formula is C11H21F3N4O. The van der Waals surface area contributed by atoms with Gasteiger partial charge >= 0.3 is 6.18 Å². The van der Waals surface area contributed by atoms with Crippen molar-refractivity contribution < 1.29 is 18.0 Å². The van der Waals surface area contributed by atoms with Gasteiger partial charge in [-0.15, -0.1) is 0 Å². The number of piperazine rings is 1. The molecule has 1 saturated heterocycles. The van der Waals surface area contributed by atoms with E-state index in [1.807, 2.05) is 11.8 Å². The molecule has 0 aromatic heterocycles. The fourth-order valence-electron chi connectivity index (χ4n) is 2.14. The normalized spacial score (nSPS) is 20.4. The smallest absolute Gasteiger partial charge is 0.368 e. The lowest BCUT2D eigenvalue weighted by Gasteiger charge is -2.36. The zero-order valence-corrected chi connectivity index (χ0v) is 11.0. The van der Waals surface area contributed by atoms with E-state index < -0.39 is 24.7 Å². The number of alkyl halides is 3. The number of carbonyl (C=O) groups excluding carboxylic acids is 1. The molecule has 0 aromatic rings. The summed E-state index contributed by atoms with van der Waals surface area (Å²) in [5, 5.41) is 2.97. The van der Waals surface area contributed by atoms with E-state index in [9.17, 15) is 18.0 Å². The van der Waals surface area contributed by atoms with E-state index in [2.05, 4.69) is 5.32 Å². The highest BCUT2D eigenvalue weighted by atomic mass is 19.4. The molecule has 5 nitrogen and oxygen atoms in total. The number of hydrogen-bond acceptors (Lipinski definition) is 4. The van der Waals surface area contributed by atoms with Gasteiger partial charge < -0.3 is 11.1 Å². The number of nitrogens with one attached hydrogen (secondary N) is 1. The van der Waals surface area contributed by atoms with Crippen LogP contribution in [0.25, 0.3) is 0 Å². The molecule has 112 valence electrons. The topological polar surface area (TPSA) is 61.6 Å². The van der Waals surface area contributed by atoms with E-state index in [0.29, 0.717) is 39.3 Å². The SMILES string of the molecule is CCNC(CN1CCN(CC(F)(F)F)CC1)C(N)=O. The van der Waals surface area contributed by atoms with Gasteiger partial charge in [-0.2, -0.15) is 13.2 Å². The third-order valence-corrected chi connectivity index (χ3v) is 3.10. The standard InChI is InChI=1S/C11H21F3N4O/c1-2-16-9(10(15)19)7-17-3-5-18(6-4-17)8-11(12,13)14/h9,16H,2-8H2,1H3,(H2,15,19). The van der Waals surface area contributed by atoms with Crippen molar-refractivity contribution in [3.8, 4) is 0 Å². The Balaban J connectivity index is 2.35. The summed E-state index contributed by atoms with van der Waals surface area (Å²) in [6, 6.07) is -0.445. The highest BCUT2D eigenvalue weighted by Crippen LogP contribution is 2.17. The van der Waals surface area contributed by atoms with Gasteiger partial charge in [0.05, 0.1) is 12.6 Å². The lowest BCUT2D eigenvalue weighted by atomic mass is 10.2. The van der Waals surface area contributed by atoms with Crippen LogP contribution in [0.2, 0.25) is 0 Å². The van der Waals surface area contributed by atoms with Crippen LogP contribution >= 0.6 is 0 Å². The van der Waals surface area contributed by atoms with Crippen LogP contribution in [0.4, 0.5) is 13.2 Å². The summed E-state index contributed by atoms with van der Waals surface area (Å²) < 4.78 is 36.7. The molecule has 1 unspecified atom stereocenters. The first-order chi connectivity index (χ1) is 8.81. The molecule has 0 bridgehead atoms. The first kappa shape index (κ1) is 16.2. The molecule has 0 spiro atoms. The van der Waals surface area contributed by atoms with Gasteiger partial charge in [0.1, 0.15) is 0 Å². The Kier molecular flexibility index (Phi) is 6.02. The lowest BCUT2D eigenvalue weighted by molar-refractivity contribution is -0.149. The minimum absolute atomic E-state index is 0.358. The van der Waals surface area contributed by atoms with Gasteiger partial charge in [-0.05, 0) is 6.54 Å². The minimum atomic E-state index is -4.15. The molecule has 1 amide bonds. The number of nitrogens with zero attached hydrogens (tertiary/aromatic N) is 2.